The van der Waals surface area contributed by atoms with Crippen LogP contribution in [0.25, 0.3) is 5.57 Å². The Morgan fingerprint density at radius 2 is 1.73 bits per heavy atom. The summed E-state index contributed by atoms with van der Waals surface area (Å²) in [5, 5.41) is 5.91. The summed E-state index contributed by atoms with van der Waals surface area (Å²) in [6.07, 6.45) is 0. The topological polar surface area (TPSA) is 58.2 Å². The fourth-order valence-electron chi connectivity index (χ4n) is 2.84. The maximum Gasteiger partial charge on any atom is 0.258 e. The molecule has 0 unspecified atom stereocenters. The fourth-order valence-corrected chi connectivity index (χ4v) is 3.18. The molecule has 0 aromatic heterocycles. The first-order valence-corrected chi connectivity index (χ1v) is 7.62. The number of benzene rings is 2. The Morgan fingerprint density at radius 1 is 0.955 bits per heavy atom. The molecule has 5 heteroatoms. The molecule has 0 fully saturated rings. The Kier molecular flexibility index (Phi) is 2.74. The van der Waals surface area contributed by atoms with Crippen molar-refractivity contribution in [2.75, 3.05) is 10.6 Å². The van der Waals surface area contributed by atoms with Gasteiger partial charge in [0.2, 0.25) is 5.78 Å². The number of halogens is 1. The van der Waals surface area contributed by atoms with Gasteiger partial charge in [-0.2, -0.15) is 0 Å². The molecule has 0 atom stereocenters. The Morgan fingerprint density at radius 3 is 2.50 bits per heavy atom. The molecule has 0 spiro atoms. The van der Waals surface area contributed by atoms with Crippen molar-refractivity contribution in [3.05, 3.63) is 63.3 Å². The minimum absolute atomic E-state index is 0.144. The fraction of sp³-hybridized carbons (Fsp3) is 0.0588. The second-order valence-electron chi connectivity index (χ2n) is 5.35. The highest BCUT2D eigenvalue weighted by Crippen LogP contribution is 2.40. The minimum atomic E-state index is -0.254. The molecule has 2 N–H and O–H groups in total. The Bertz CT molecular complexity index is 900. The number of anilines is 2. The third-order valence-corrected chi connectivity index (χ3v) is 4.81. The van der Waals surface area contributed by atoms with E-state index < -0.39 is 0 Å². The van der Waals surface area contributed by atoms with E-state index in [1.807, 2.05) is 37.3 Å². The highest BCUT2D eigenvalue weighted by atomic mass is 79.9. The third kappa shape index (κ3) is 1.75. The van der Waals surface area contributed by atoms with E-state index in [1.54, 1.807) is 6.07 Å². The smallest absolute Gasteiger partial charge is 0.258 e. The molecule has 4 nitrogen and oxygen atoms in total. The molecule has 0 bridgehead atoms. The van der Waals surface area contributed by atoms with Crippen LogP contribution < -0.4 is 10.6 Å². The second kappa shape index (κ2) is 4.55. The molecule has 0 aliphatic carbocycles. The Hall–Kier alpha value is -2.40. The van der Waals surface area contributed by atoms with Crippen LogP contribution >= 0.6 is 15.9 Å². The predicted molar refractivity (Wildman–Crippen MR) is 88.8 cm³/mol. The van der Waals surface area contributed by atoms with Gasteiger partial charge < -0.3 is 10.6 Å². The second-order valence-corrected chi connectivity index (χ2v) is 6.21. The number of fused-ring (bicyclic) bond motifs is 2. The largest absolute Gasteiger partial charge is 0.351 e. The van der Waals surface area contributed by atoms with E-state index in [1.165, 1.54) is 0 Å². The lowest BCUT2D eigenvalue weighted by molar-refractivity contribution is -0.110. The number of Topliss-reactive ketones (excluding diaryl/α,β-unsaturated/α-hetero) is 1. The van der Waals surface area contributed by atoms with Gasteiger partial charge in [-0.1, -0.05) is 28.1 Å². The van der Waals surface area contributed by atoms with Crippen molar-refractivity contribution in [3.63, 3.8) is 0 Å². The first kappa shape index (κ1) is 13.3. The molecule has 2 aromatic rings. The van der Waals surface area contributed by atoms with Gasteiger partial charge in [-0.05, 0) is 36.8 Å². The highest BCUT2D eigenvalue weighted by Gasteiger charge is 2.35. The van der Waals surface area contributed by atoms with E-state index in [-0.39, 0.29) is 11.7 Å². The molecule has 22 heavy (non-hydrogen) atoms. The van der Waals surface area contributed by atoms with Gasteiger partial charge in [0.1, 0.15) is 5.70 Å². The van der Waals surface area contributed by atoms with Crippen molar-refractivity contribution in [1.82, 2.24) is 0 Å². The number of aryl methyl sites for hydroxylation is 1. The van der Waals surface area contributed by atoms with Crippen molar-refractivity contribution >= 4 is 44.6 Å². The van der Waals surface area contributed by atoms with Crippen molar-refractivity contribution in [2.45, 2.75) is 6.92 Å². The van der Waals surface area contributed by atoms with E-state index in [2.05, 4.69) is 26.6 Å². The summed E-state index contributed by atoms with van der Waals surface area (Å²) in [6, 6.07) is 11.0. The minimum Gasteiger partial charge on any atom is -0.351 e. The van der Waals surface area contributed by atoms with Gasteiger partial charge in [0.15, 0.2) is 0 Å². The van der Waals surface area contributed by atoms with Crippen LogP contribution in [-0.2, 0) is 4.79 Å². The Labute approximate surface area is 135 Å². The molecule has 1 amide bonds. The maximum absolute atomic E-state index is 12.6. The average molecular weight is 355 g/mol. The quantitative estimate of drug-likeness (QED) is 0.708. The molecule has 0 radical (unpaired) electrons. The Balaban J connectivity index is 1.94. The SMILES string of the molecule is Cc1cc2c(cc1Br)NC(=O)/C2=C1\Nc2ccccc2C1=O. The number of para-hydroxylation sites is 1. The van der Waals surface area contributed by atoms with E-state index in [4.69, 9.17) is 0 Å². The monoisotopic (exact) mass is 354 g/mol. The zero-order valence-corrected chi connectivity index (χ0v) is 13.2. The van der Waals surface area contributed by atoms with Crippen molar-refractivity contribution in [3.8, 4) is 0 Å². The van der Waals surface area contributed by atoms with Crippen molar-refractivity contribution in [1.29, 1.82) is 0 Å². The number of carbonyl (C=O) groups is 2. The molecule has 0 saturated carbocycles. The van der Waals surface area contributed by atoms with Crippen LogP contribution in [0.4, 0.5) is 11.4 Å². The van der Waals surface area contributed by atoms with Gasteiger partial charge in [-0.15, -0.1) is 0 Å². The number of allylic oxidation sites excluding steroid dienone is 1. The molecule has 2 heterocycles. The zero-order chi connectivity index (χ0) is 15.4. The van der Waals surface area contributed by atoms with E-state index in [9.17, 15) is 9.59 Å². The number of nitrogens with one attached hydrogen (secondary N) is 2. The van der Waals surface area contributed by atoms with Gasteiger partial charge >= 0.3 is 0 Å². The predicted octanol–water partition coefficient (Wildman–Crippen LogP) is 3.73. The molecule has 108 valence electrons. The van der Waals surface area contributed by atoms with Crippen LogP contribution in [0.1, 0.15) is 21.5 Å². The van der Waals surface area contributed by atoms with E-state index in [0.717, 1.165) is 27.0 Å². The lowest BCUT2D eigenvalue weighted by Crippen LogP contribution is -2.11. The van der Waals surface area contributed by atoms with E-state index >= 15 is 0 Å². The van der Waals surface area contributed by atoms with Gasteiger partial charge in [-0.25, -0.2) is 0 Å². The standard InChI is InChI=1S/C17H11BrN2O2/c1-8-6-10-13(7-11(8)18)20-17(22)14(10)15-16(21)9-4-2-3-5-12(9)19-15/h2-7,19H,1H3,(H,20,22)/b15-14-. The molecule has 2 aromatic carbocycles. The molecular formula is C17H11BrN2O2. The number of amides is 1. The van der Waals surface area contributed by atoms with Crippen LogP contribution in [0.3, 0.4) is 0 Å². The van der Waals surface area contributed by atoms with Gasteiger partial charge in [-0.3, -0.25) is 9.59 Å². The lowest BCUT2D eigenvalue weighted by atomic mass is 10.0. The lowest BCUT2D eigenvalue weighted by Gasteiger charge is -2.05. The molecule has 2 aliphatic rings. The van der Waals surface area contributed by atoms with Gasteiger partial charge in [0, 0.05) is 21.3 Å². The summed E-state index contributed by atoms with van der Waals surface area (Å²) in [7, 11) is 0. The number of hydrogen-bond donors (Lipinski definition) is 2. The van der Waals surface area contributed by atoms with Crippen LogP contribution in [-0.4, -0.2) is 11.7 Å². The average Bonchev–Trinajstić information content (AvgIpc) is 2.97. The van der Waals surface area contributed by atoms with Crippen LogP contribution in [0.15, 0.2) is 46.6 Å². The number of hydrogen-bond acceptors (Lipinski definition) is 3. The molecular weight excluding hydrogens is 344 g/mol. The van der Waals surface area contributed by atoms with Gasteiger partial charge in [0.05, 0.1) is 11.3 Å². The number of carbonyl (C=O) groups excluding carboxylic acids is 2. The van der Waals surface area contributed by atoms with Gasteiger partial charge in [0.25, 0.3) is 5.91 Å². The van der Waals surface area contributed by atoms with Crippen molar-refractivity contribution in [2.24, 2.45) is 0 Å². The summed E-state index contributed by atoms with van der Waals surface area (Å²) < 4.78 is 0.923. The third-order valence-electron chi connectivity index (χ3n) is 3.95. The summed E-state index contributed by atoms with van der Waals surface area (Å²) in [5.74, 6) is -0.398. The van der Waals surface area contributed by atoms with Crippen LogP contribution in [0, 0.1) is 6.92 Å². The maximum atomic E-state index is 12.6. The summed E-state index contributed by atoms with van der Waals surface area (Å²) >= 11 is 3.46. The summed E-state index contributed by atoms with van der Waals surface area (Å²) in [6.45, 7) is 1.95. The zero-order valence-electron chi connectivity index (χ0n) is 11.7. The van der Waals surface area contributed by atoms with Crippen LogP contribution in [0.5, 0.6) is 0 Å². The summed E-state index contributed by atoms with van der Waals surface area (Å²) in [5.41, 5.74) is 4.58. The summed E-state index contributed by atoms with van der Waals surface area (Å²) in [4.78, 5) is 24.9. The van der Waals surface area contributed by atoms with E-state index in [0.29, 0.717) is 16.8 Å². The number of rotatable bonds is 0. The normalized spacial score (nSPS) is 18.8. The highest BCUT2D eigenvalue weighted by molar-refractivity contribution is 9.10. The first-order valence-electron chi connectivity index (χ1n) is 6.83. The molecule has 0 saturated heterocycles. The molecule has 4 rings (SSSR count). The van der Waals surface area contributed by atoms with Crippen molar-refractivity contribution < 1.29 is 9.59 Å². The van der Waals surface area contributed by atoms with Crippen LogP contribution in [0.2, 0.25) is 0 Å². The number of ketones is 1. The molecule has 2 aliphatic heterocycles. The first-order chi connectivity index (χ1) is 10.6.